The van der Waals surface area contributed by atoms with Crippen LogP contribution < -0.4 is 10.6 Å². The fraction of sp³-hybridized carbons (Fsp3) is 0.545. The molecule has 1 aliphatic rings. The number of hydrogen-bond acceptors (Lipinski definition) is 4. The lowest BCUT2D eigenvalue weighted by atomic mass is 9.70. The summed E-state index contributed by atoms with van der Waals surface area (Å²) >= 11 is 0. The van der Waals surface area contributed by atoms with Gasteiger partial charge in [-0.3, -0.25) is 20.2 Å². The van der Waals surface area contributed by atoms with E-state index in [1.165, 1.54) is 6.08 Å². The monoisotopic (exact) mass is 240 g/mol. The molecule has 4 amide bonds. The standard InChI is InChI=1S/C11H16N2O4/c1-3-5-11(7(2)4-6-14)8(15)12-10(17)13-9(11)16/h3,7,14H,1,4-6H2,2H3,(H2,12,13,15,16,17). The Balaban J connectivity index is 3.11. The number of urea groups is 1. The topological polar surface area (TPSA) is 95.5 Å². The highest BCUT2D eigenvalue weighted by Crippen LogP contribution is 2.36. The van der Waals surface area contributed by atoms with Crippen LogP contribution in [-0.4, -0.2) is 29.6 Å². The predicted molar refractivity (Wildman–Crippen MR) is 59.8 cm³/mol. The number of rotatable bonds is 5. The Hall–Kier alpha value is -1.69. The van der Waals surface area contributed by atoms with Crippen LogP contribution in [0.5, 0.6) is 0 Å². The van der Waals surface area contributed by atoms with Crippen LogP contribution in [0.15, 0.2) is 12.7 Å². The molecule has 6 nitrogen and oxygen atoms in total. The van der Waals surface area contributed by atoms with Gasteiger partial charge in [-0.2, -0.15) is 0 Å². The van der Waals surface area contributed by atoms with Crippen LogP contribution in [0.4, 0.5) is 4.79 Å². The number of carbonyl (C=O) groups excluding carboxylic acids is 3. The van der Waals surface area contributed by atoms with Crippen molar-refractivity contribution in [2.24, 2.45) is 11.3 Å². The van der Waals surface area contributed by atoms with Crippen molar-refractivity contribution in [3.05, 3.63) is 12.7 Å². The third-order valence-corrected chi connectivity index (χ3v) is 3.13. The number of aliphatic hydroxyl groups excluding tert-OH is 1. The summed E-state index contributed by atoms with van der Waals surface area (Å²) in [6.07, 6.45) is 1.88. The molecule has 1 saturated heterocycles. The molecule has 1 unspecified atom stereocenters. The largest absolute Gasteiger partial charge is 0.396 e. The average Bonchev–Trinajstić information content (AvgIpc) is 2.23. The Kier molecular flexibility index (Phi) is 4.01. The first-order valence-electron chi connectivity index (χ1n) is 5.37. The lowest BCUT2D eigenvalue weighted by molar-refractivity contribution is -0.148. The minimum atomic E-state index is -1.36. The van der Waals surface area contributed by atoms with E-state index in [1.54, 1.807) is 6.92 Å². The average molecular weight is 240 g/mol. The van der Waals surface area contributed by atoms with Crippen LogP contribution in [0.3, 0.4) is 0 Å². The minimum Gasteiger partial charge on any atom is -0.396 e. The maximum absolute atomic E-state index is 11.9. The van der Waals surface area contributed by atoms with E-state index in [0.717, 1.165) is 0 Å². The van der Waals surface area contributed by atoms with E-state index in [4.69, 9.17) is 5.11 Å². The second-order valence-corrected chi connectivity index (χ2v) is 4.11. The molecular weight excluding hydrogens is 224 g/mol. The van der Waals surface area contributed by atoms with E-state index in [1.807, 2.05) is 0 Å². The highest BCUT2D eigenvalue weighted by atomic mass is 16.3. The van der Waals surface area contributed by atoms with Gasteiger partial charge in [-0.25, -0.2) is 4.79 Å². The number of barbiturate groups is 1. The van der Waals surface area contributed by atoms with Gasteiger partial charge in [0.05, 0.1) is 0 Å². The molecule has 0 aromatic rings. The molecule has 1 atom stereocenters. The molecule has 1 rings (SSSR count). The van der Waals surface area contributed by atoms with E-state index in [0.29, 0.717) is 6.42 Å². The Labute approximate surface area is 99.1 Å². The van der Waals surface area contributed by atoms with Crippen molar-refractivity contribution in [1.29, 1.82) is 0 Å². The summed E-state index contributed by atoms with van der Waals surface area (Å²) in [7, 11) is 0. The zero-order valence-electron chi connectivity index (χ0n) is 9.66. The predicted octanol–water partition coefficient (Wildman–Crippen LogP) is -0.0666. The summed E-state index contributed by atoms with van der Waals surface area (Å²) in [6.45, 7) is 5.08. The zero-order chi connectivity index (χ0) is 13.1. The highest BCUT2D eigenvalue weighted by molar-refractivity contribution is 6.19. The number of allylic oxidation sites excluding steroid dienone is 1. The van der Waals surface area contributed by atoms with Gasteiger partial charge in [-0.05, 0) is 18.8 Å². The molecule has 0 spiro atoms. The molecule has 1 heterocycles. The molecule has 0 bridgehead atoms. The van der Waals surface area contributed by atoms with Crippen LogP contribution in [-0.2, 0) is 9.59 Å². The van der Waals surface area contributed by atoms with E-state index >= 15 is 0 Å². The molecule has 0 aromatic carbocycles. The quantitative estimate of drug-likeness (QED) is 0.463. The third-order valence-electron chi connectivity index (χ3n) is 3.13. The second kappa shape index (κ2) is 5.09. The van der Waals surface area contributed by atoms with Gasteiger partial charge in [-0.1, -0.05) is 13.0 Å². The van der Waals surface area contributed by atoms with Gasteiger partial charge in [0.15, 0.2) is 0 Å². The lowest BCUT2D eigenvalue weighted by Crippen LogP contribution is -2.64. The Bertz CT molecular complexity index is 344. The van der Waals surface area contributed by atoms with Crippen molar-refractivity contribution in [2.45, 2.75) is 19.8 Å². The first-order chi connectivity index (χ1) is 7.98. The third kappa shape index (κ3) is 2.21. The number of carbonyl (C=O) groups is 3. The normalized spacial score (nSPS) is 20.5. The summed E-state index contributed by atoms with van der Waals surface area (Å²) < 4.78 is 0. The highest BCUT2D eigenvalue weighted by Gasteiger charge is 2.52. The SMILES string of the molecule is C=CCC1(C(C)CCO)C(=O)NC(=O)NC1=O. The van der Waals surface area contributed by atoms with Gasteiger partial charge in [0.2, 0.25) is 11.8 Å². The van der Waals surface area contributed by atoms with Crippen molar-refractivity contribution in [1.82, 2.24) is 10.6 Å². The first-order valence-corrected chi connectivity index (χ1v) is 5.37. The summed E-state index contributed by atoms with van der Waals surface area (Å²) in [4.78, 5) is 34.9. The van der Waals surface area contributed by atoms with Crippen molar-refractivity contribution >= 4 is 17.8 Å². The smallest absolute Gasteiger partial charge is 0.328 e. The molecule has 1 aliphatic heterocycles. The maximum Gasteiger partial charge on any atom is 0.328 e. The number of amides is 4. The van der Waals surface area contributed by atoms with Gasteiger partial charge < -0.3 is 5.11 Å². The van der Waals surface area contributed by atoms with Gasteiger partial charge in [-0.15, -0.1) is 6.58 Å². The number of hydrogen-bond donors (Lipinski definition) is 3. The molecule has 0 aliphatic carbocycles. The molecule has 0 radical (unpaired) electrons. The van der Waals surface area contributed by atoms with E-state index in [9.17, 15) is 14.4 Å². The summed E-state index contributed by atoms with van der Waals surface area (Å²) in [6, 6.07) is -0.809. The fourth-order valence-electron chi connectivity index (χ4n) is 2.07. The summed E-state index contributed by atoms with van der Waals surface area (Å²) in [5.74, 6) is -1.65. The summed E-state index contributed by atoms with van der Waals surface area (Å²) in [5, 5.41) is 13.1. The van der Waals surface area contributed by atoms with Crippen molar-refractivity contribution < 1.29 is 19.5 Å². The van der Waals surface area contributed by atoms with Gasteiger partial charge in [0.25, 0.3) is 0 Å². The molecule has 3 N–H and O–H groups in total. The van der Waals surface area contributed by atoms with Crippen molar-refractivity contribution in [3.63, 3.8) is 0 Å². The van der Waals surface area contributed by atoms with E-state index < -0.39 is 29.2 Å². The van der Waals surface area contributed by atoms with E-state index in [2.05, 4.69) is 17.2 Å². The number of nitrogens with one attached hydrogen (secondary N) is 2. The van der Waals surface area contributed by atoms with Gasteiger partial charge in [0.1, 0.15) is 5.41 Å². The molecule has 1 fully saturated rings. The number of aliphatic hydroxyl groups is 1. The van der Waals surface area contributed by atoms with Crippen molar-refractivity contribution in [2.75, 3.05) is 6.61 Å². The van der Waals surface area contributed by atoms with Crippen LogP contribution in [0.1, 0.15) is 19.8 Å². The van der Waals surface area contributed by atoms with Crippen LogP contribution in [0, 0.1) is 11.3 Å². The molecule has 6 heteroatoms. The van der Waals surface area contributed by atoms with Crippen LogP contribution in [0.2, 0.25) is 0 Å². The lowest BCUT2D eigenvalue weighted by Gasteiger charge is -2.37. The van der Waals surface area contributed by atoms with Crippen LogP contribution in [0.25, 0.3) is 0 Å². The minimum absolute atomic E-state index is 0.124. The van der Waals surface area contributed by atoms with Crippen LogP contribution >= 0.6 is 0 Å². The second-order valence-electron chi connectivity index (χ2n) is 4.11. The Morgan fingerprint density at radius 2 is 1.88 bits per heavy atom. The molecule has 0 aromatic heterocycles. The number of imide groups is 2. The van der Waals surface area contributed by atoms with Gasteiger partial charge in [0, 0.05) is 6.61 Å². The Morgan fingerprint density at radius 3 is 2.29 bits per heavy atom. The molecular formula is C11H16N2O4. The fourth-order valence-corrected chi connectivity index (χ4v) is 2.07. The molecule has 17 heavy (non-hydrogen) atoms. The van der Waals surface area contributed by atoms with E-state index in [-0.39, 0.29) is 13.0 Å². The van der Waals surface area contributed by atoms with Gasteiger partial charge >= 0.3 is 6.03 Å². The molecule has 0 saturated carbocycles. The molecule has 94 valence electrons. The van der Waals surface area contributed by atoms with Crippen molar-refractivity contribution in [3.8, 4) is 0 Å². The maximum atomic E-state index is 11.9. The zero-order valence-corrected chi connectivity index (χ0v) is 9.66. The Morgan fingerprint density at radius 1 is 1.35 bits per heavy atom. The first kappa shape index (κ1) is 13.4. The summed E-state index contributed by atoms with van der Waals surface area (Å²) in [5.41, 5.74) is -1.36.